The third-order valence-electron chi connectivity index (χ3n) is 3.06. The van der Waals surface area contributed by atoms with E-state index >= 15 is 0 Å². The van der Waals surface area contributed by atoms with Gasteiger partial charge >= 0.3 is 0 Å². The first kappa shape index (κ1) is 17.1. The van der Waals surface area contributed by atoms with Crippen LogP contribution in [-0.2, 0) is 6.42 Å². The molecule has 1 atom stereocenters. The van der Waals surface area contributed by atoms with Gasteiger partial charge in [0.1, 0.15) is 11.6 Å². The molecule has 0 aliphatic carbocycles. The van der Waals surface area contributed by atoms with Crippen LogP contribution in [0.25, 0.3) is 0 Å². The summed E-state index contributed by atoms with van der Waals surface area (Å²) < 4.78 is 28.7. The van der Waals surface area contributed by atoms with E-state index < -0.39 is 11.6 Å². The summed E-state index contributed by atoms with van der Waals surface area (Å²) in [4.78, 5) is 0. The van der Waals surface area contributed by atoms with Crippen molar-refractivity contribution < 1.29 is 8.78 Å². The predicted molar refractivity (Wildman–Crippen MR) is 90.8 cm³/mol. The Balaban J connectivity index is 2.25. The van der Waals surface area contributed by atoms with E-state index in [1.165, 1.54) is 12.1 Å². The van der Waals surface area contributed by atoms with Crippen LogP contribution in [0.2, 0.25) is 0 Å². The fourth-order valence-corrected chi connectivity index (χ4v) is 5.14. The van der Waals surface area contributed by atoms with Crippen LogP contribution in [0.5, 0.6) is 0 Å². The van der Waals surface area contributed by atoms with Gasteiger partial charge in [-0.25, -0.2) is 8.78 Å². The van der Waals surface area contributed by atoms with Gasteiger partial charge in [0.05, 0.1) is 7.57 Å². The molecule has 1 aromatic carbocycles. The molecule has 0 aliphatic heterocycles. The lowest BCUT2D eigenvalue weighted by Gasteiger charge is -2.18. The van der Waals surface area contributed by atoms with Crippen LogP contribution < -0.4 is 5.32 Å². The van der Waals surface area contributed by atoms with E-state index in [2.05, 4.69) is 44.1 Å². The molecule has 114 valence electrons. The Kier molecular flexibility index (Phi) is 6.34. The highest BCUT2D eigenvalue weighted by atomic mass is 79.9. The van der Waals surface area contributed by atoms with E-state index in [0.717, 1.165) is 32.2 Å². The Labute approximate surface area is 144 Å². The first-order valence-corrected chi connectivity index (χ1v) is 9.03. The molecule has 1 unspecified atom stereocenters. The van der Waals surface area contributed by atoms with E-state index in [-0.39, 0.29) is 6.04 Å². The molecule has 1 N–H and O–H groups in total. The lowest BCUT2D eigenvalue weighted by atomic mass is 10.0. The first-order chi connectivity index (χ1) is 9.99. The summed E-state index contributed by atoms with van der Waals surface area (Å²) in [7, 11) is 0. The molecule has 0 bridgehead atoms. The zero-order valence-electron chi connectivity index (χ0n) is 11.4. The van der Waals surface area contributed by atoms with Crippen LogP contribution in [0.1, 0.15) is 30.5 Å². The van der Waals surface area contributed by atoms with Gasteiger partial charge in [-0.15, -0.1) is 11.3 Å². The number of hydrogen-bond acceptors (Lipinski definition) is 2. The van der Waals surface area contributed by atoms with Crippen LogP contribution >= 0.6 is 43.2 Å². The number of hydrogen-bond donors (Lipinski definition) is 1. The molecule has 0 fully saturated rings. The van der Waals surface area contributed by atoms with E-state index in [1.807, 2.05) is 6.07 Å². The fraction of sp³-hybridized carbons (Fsp3) is 0.333. The Hall–Kier alpha value is -0.300. The average molecular weight is 439 g/mol. The smallest absolute Gasteiger partial charge is 0.126 e. The molecule has 6 heteroatoms. The summed E-state index contributed by atoms with van der Waals surface area (Å²) in [6.07, 6.45) is 1.54. The molecule has 0 amide bonds. The van der Waals surface area contributed by atoms with Gasteiger partial charge in [0.2, 0.25) is 0 Å². The predicted octanol–water partition coefficient (Wildman–Crippen LogP) is 5.83. The standard InChI is InChI=1S/C15H15Br2F2NS/c1-2-3-20-13(12-8-14(16)21-15(12)17)6-9-4-10(18)7-11(19)5-9/h4-5,7-8,13,20H,2-3,6H2,1H3. The number of halogens is 4. The van der Waals surface area contributed by atoms with E-state index in [1.54, 1.807) is 11.3 Å². The van der Waals surface area contributed by atoms with Crippen molar-refractivity contribution in [2.24, 2.45) is 0 Å². The highest BCUT2D eigenvalue weighted by Crippen LogP contribution is 2.36. The van der Waals surface area contributed by atoms with Crippen molar-refractivity contribution in [3.8, 4) is 0 Å². The second kappa shape index (κ2) is 7.81. The molecule has 0 saturated carbocycles. The molecule has 1 heterocycles. The molecular formula is C15H15Br2F2NS. The minimum Gasteiger partial charge on any atom is -0.310 e. The Morgan fingerprint density at radius 2 is 1.81 bits per heavy atom. The van der Waals surface area contributed by atoms with Crippen molar-refractivity contribution in [3.63, 3.8) is 0 Å². The summed E-state index contributed by atoms with van der Waals surface area (Å²) >= 11 is 8.61. The third kappa shape index (κ3) is 4.84. The zero-order valence-corrected chi connectivity index (χ0v) is 15.4. The van der Waals surface area contributed by atoms with Crippen molar-refractivity contribution in [2.45, 2.75) is 25.8 Å². The lowest BCUT2D eigenvalue weighted by molar-refractivity contribution is 0.522. The van der Waals surface area contributed by atoms with Crippen molar-refractivity contribution in [1.82, 2.24) is 5.32 Å². The van der Waals surface area contributed by atoms with Crippen molar-refractivity contribution in [1.29, 1.82) is 0 Å². The first-order valence-electron chi connectivity index (χ1n) is 6.62. The number of thiophene rings is 1. The van der Waals surface area contributed by atoms with Crippen molar-refractivity contribution in [3.05, 3.63) is 54.6 Å². The highest BCUT2D eigenvalue weighted by Gasteiger charge is 2.18. The molecular weight excluding hydrogens is 424 g/mol. The normalized spacial score (nSPS) is 12.6. The molecule has 0 spiro atoms. The maximum absolute atomic E-state index is 13.3. The maximum atomic E-state index is 13.3. The van der Waals surface area contributed by atoms with E-state index in [4.69, 9.17) is 0 Å². The second-order valence-electron chi connectivity index (χ2n) is 4.77. The van der Waals surface area contributed by atoms with Crippen LogP contribution in [0, 0.1) is 11.6 Å². The Morgan fingerprint density at radius 1 is 1.14 bits per heavy atom. The lowest BCUT2D eigenvalue weighted by Crippen LogP contribution is -2.24. The zero-order chi connectivity index (χ0) is 15.4. The third-order valence-corrected chi connectivity index (χ3v) is 5.45. The highest BCUT2D eigenvalue weighted by molar-refractivity contribution is 9.12. The average Bonchev–Trinajstić information content (AvgIpc) is 2.72. The molecule has 2 aromatic rings. The Bertz CT molecular complexity index is 595. The Morgan fingerprint density at radius 3 is 2.33 bits per heavy atom. The van der Waals surface area contributed by atoms with E-state index in [9.17, 15) is 8.78 Å². The second-order valence-corrected chi connectivity index (χ2v) is 8.52. The fourth-order valence-electron chi connectivity index (χ4n) is 2.17. The molecule has 0 saturated heterocycles. The summed E-state index contributed by atoms with van der Waals surface area (Å²) in [5.41, 5.74) is 1.75. The van der Waals surface area contributed by atoms with Gasteiger partial charge in [-0.05, 0) is 80.6 Å². The monoisotopic (exact) mass is 437 g/mol. The topological polar surface area (TPSA) is 12.0 Å². The van der Waals surface area contributed by atoms with Gasteiger partial charge in [-0.2, -0.15) is 0 Å². The van der Waals surface area contributed by atoms with Gasteiger partial charge in [0.25, 0.3) is 0 Å². The minimum absolute atomic E-state index is 0.0167. The maximum Gasteiger partial charge on any atom is 0.126 e. The van der Waals surface area contributed by atoms with Gasteiger partial charge in [0, 0.05) is 12.1 Å². The van der Waals surface area contributed by atoms with Crippen LogP contribution in [0.3, 0.4) is 0 Å². The summed E-state index contributed by atoms with van der Waals surface area (Å²) in [6, 6.07) is 5.73. The van der Waals surface area contributed by atoms with Crippen LogP contribution in [0.15, 0.2) is 31.8 Å². The van der Waals surface area contributed by atoms with Gasteiger partial charge in [-0.1, -0.05) is 6.92 Å². The molecule has 1 aromatic heterocycles. The van der Waals surface area contributed by atoms with Gasteiger partial charge < -0.3 is 5.32 Å². The number of benzene rings is 1. The summed E-state index contributed by atoms with van der Waals surface area (Å²) in [5, 5.41) is 3.44. The minimum atomic E-state index is -0.537. The number of nitrogens with one attached hydrogen (secondary N) is 1. The summed E-state index contributed by atoms with van der Waals surface area (Å²) in [6.45, 7) is 2.94. The van der Waals surface area contributed by atoms with Crippen molar-refractivity contribution >= 4 is 43.2 Å². The molecule has 1 nitrogen and oxygen atoms in total. The van der Waals surface area contributed by atoms with Crippen LogP contribution in [0.4, 0.5) is 8.78 Å². The number of rotatable bonds is 6. The molecule has 0 radical (unpaired) electrons. The summed E-state index contributed by atoms with van der Waals surface area (Å²) in [5.74, 6) is -1.07. The molecule has 21 heavy (non-hydrogen) atoms. The van der Waals surface area contributed by atoms with Crippen molar-refractivity contribution in [2.75, 3.05) is 6.54 Å². The molecule has 0 aliphatic rings. The van der Waals surface area contributed by atoms with E-state index in [0.29, 0.717) is 12.0 Å². The molecule has 2 rings (SSSR count). The van der Waals surface area contributed by atoms with Crippen LogP contribution in [-0.4, -0.2) is 6.54 Å². The SMILES string of the molecule is CCCNC(Cc1cc(F)cc(F)c1)c1cc(Br)sc1Br. The van der Waals surface area contributed by atoms with Gasteiger partial charge in [-0.3, -0.25) is 0 Å². The van der Waals surface area contributed by atoms with Gasteiger partial charge in [0.15, 0.2) is 0 Å². The quantitative estimate of drug-likeness (QED) is 0.597. The largest absolute Gasteiger partial charge is 0.310 e.